The van der Waals surface area contributed by atoms with E-state index in [2.05, 4.69) is 34.8 Å². The van der Waals surface area contributed by atoms with Crippen molar-refractivity contribution in [1.29, 1.82) is 0 Å². The molecule has 0 bridgehead atoms. The zero-order chi connectivity index (χ0) is 17.2. The quantitative estimate of drug-likeness (QED) is 0.635. The molecule has 0 aromatic carbocycles. The highest BCUT2D eigenvalue weighted by molar-refractivity contribution is 7.06. The van der Waals surface area contributed by atoms with E-state index < -0.39 is 0 Å². The molecule has 0 aliphatic rings. The second-order valence-corrected chi connectivity index (χ2v) is 6.01. The summed E-state index contributed by atoms with van der Waals surface area (Å²) in [5.74, 6) is 0.632. The number of allylic oxidation sites excluding steroid dienone is 9. The Bertz CT molecular complexity index is 673. The molecule has 3 nitrogen and oxygen atoms in total. The second-order valence-electron chi connectivity index (χ2n) is 5.26. The minimum atomic E-state index is 0.632. The zero-order valence-corrected chi connectivity index (χ0v) is 15.2. The molecule has 0 fully saturated rings. The molecule has 0 aliphatic carbocycles. The maximum Gasteiger partial charge on any atom is 0.235 e. The van der Waals surface area contributed by atoms with Gasteiger partial charge in [0.2, 0.25) is 5.95 Å². The van der Waals surface area contributed by atoms with E-state index in [9.17, 15) is 0 Å². The van der Waals surface area contributed by atoms with Crippen molar-refractivity contribution in [3.63, 3.8) is 0 Å². The number of hydrogen-bond acceptors (Lipinski definition) is 4. The Kier molecular flexibility index (Phi) is 7.98. The SMILES string of the molecule is C=C(/C=C\C)/C=C(\C)CNc1nsc(C(=C)/C=C(C)/C=C\C)n1. The molecule has 0 amide bonds. The van der Waals surface area contributed by atoms with E-state index in [4.69, 9.17) is 0 Å². The van der Waals surface area contributed by atoms with E-state index in [1.165, 1.54) is 17.1 Å². The van der Waals surface area contributed by atoms with Gasteiger partial charge in [-0.2, -0.15) is 9.36 Å². The molecular formula is C19H25N3S. The lowest BCUT2D eigenvalue weighted by molar-refractivity contribution is 1.14. The first-order valence-electron chi connectivity index (χ1n) is 7.53. The fourth-order valence-corrected chi connectivity index (χ4v) is 2.50. The van der Waals surface area contributed by atoms with Gasteiger partial charge in [0.25, 0.3) is 0 Å². The predicted octanol–water partition coefficient (Wildman–Crippen LogP) is 5.56. The van der Waals surface area contributed by atoms with Gasteiger partial charge < -0.3 is 5.32 Å². The maximum absolute atomic E-state index is 4.48. The summed E-state index contributed by atoms with van der Waals surface area (Å²) in [7, 11) is 0. The Morgan fingerprint density at radius 2 is 1.83 bits per heavy atom. The Balaban J connectivity index is 2.65. The van der Waals surface area contributed by atoms with Crippen LogP contribution in [0.5, 0.6) is 0 Å². The van der Waals surface area contributed by atoms with Crippen LogP contribution in [0.3, 0.4) is 0 Å². The molecule has 4 heteroatoms. The van der Waals surface area contributed by atoms with Crippen LogP contribution in [0.15, 0.2) is 66.3 Å². The number of aromatic nitrogens is 2. The van der Waals surface area contributed by atoms with Crippen LogP contribution in [0.1, 0.15) is 32.7 Å². The minimum Gasteiger partial charge on any atom is -0.350 e. The summed E-state index contributed by atoms with van der Waals surface area (Å²) in [5.41, 5.74) is 4.17. The van der Waals surface area contributed by atoms with Crippen molar-refractivity contribution >= 4 is 23.1 Å². The maximum atomic E-state index is 4.48. The van der Waals surface area contributed by atoms with Crippen molar-refractivity contribution in [3.05, 3.63) is 71.3 Å². The molecular weight excluding hydrogens is 302 g/mol. The first-order chi connectivity index (χ1) is 11.0. The van der Waals surface area contributed by atoms with Gasteiger partial charge in [-0.3, -0.25) is 0 Å². The third-order valence-corrected chi connectivity index (χ3v) is 3.66. The van der Waals surface area contributed by atoms with Crippen molar-refractivity contribution in [3.8, 4) is 0 Å². The molecule has 23 heavy (non-hydrogen) atoms. The molecule has 1 N–H and O–H groups in total. The Labute approximate surface area is 143 Å². The molecule has 0 unspecified atom stereocenters. The van der Waals surface area contributed by atoms with Crippen LogP contribution in [0, 0.1) is 0 Å². The van der Waals surface area contributed by atoms with E-state index in [0.29, 0.717) is 12.5 Å². The highest BCUT2D eigenvalue weighted by Gasteiger charge is 2.05. The van der Waals surface area contributed by atoms with Gasteiger partial charge >= 0.3 is 0 Å². The van der Waals surface area contributed by atoms with Gasteiger partial charge in [0, 0.05) is 12.1 Å². The van der Waals surface area contributed by atoms with Crippen LogP contribution < -0.4 is 5.32 Å². The largest absolute Gasteiger partial charge is 0.350 e. The molecule has 122 valence electrons. The molecule has 0 radical (unpaired) electrons. The topological polar surface area (TPSA) is 37.8 Å². The molecule has 1 aromatic heterocycles. The molecule has 0 atom stereocenters. The van der Waals surface area contributed by atoms with Crippen molar-refractivity contribution < 1.29 is 0 Å². The van der Waals surface area contributed by atoms with Crippen LogP contribution in [-0.2, 0) is 0 Å². The van der Waals surface area contributed by atoms with Crippen molar-refractivity contribution in [2.45, 2.75) is 27.7 Å². The van der Waals surface area contributed by atoms with Crippen LogP contribution in [0.2, 0.25) is 0 Å². The molecule has 0 aliphatic heterocycles. The molecule has 0 saturated carbocycles. The lowest BCUT2D eigenvalue weighted by atomic mass is 10.2. The zero-order valence-electron chi connectivity index (χ0n) is 14.4. The average molecular weight is 327 g/mol. The van der Waals surface area contributed by atoms with E-state index in [-0.39, 0.29) is 0 Å². The number of hydrogen-bond donors (Lipinski definition) is 1. The fourth-order valence-electron chi connectivity index (χ4n) is 1.92. The van der Waals surface area contributed by atoms with Gasteiger partial charge in [0.15, 0.2) is 0 Å². The number of rotatable bonds is 8. The average Bonchev–Trinajstić information content (AvgIpc) is 2.94. The van der Waals surface area contributed by atoms with Gasteiger partial charge in [0.05, 0.1) is 0 Å². The van der Waals surface area contributed by atoms with Gasteiger partial charge in [-0.15, -0.1) is 0 Å². The number of nitrogens with zero attached hydrogens (tertiary/aromatic N) is 2. The standard InChI is InChI=1S/C19H25N3S/c1-7-9-14(3)11-16(5)13-20-19-21-18(23-22-19)17(6)12-15(4)10-8-2/h7-12H,3,6,13H2,1-2,4-5H3,(H,20,22)/b9-7-,10-8-,15-12+,16-11+. The summed E-state index contributed by atoms with van der Waals surface area (Å²) in [5, 5.41) is 4.05. The predicted molar refractivity (Wildman–Crippen MR) is 104 cm³/mol. The van der Waals surface area contributed by atoms with E-state index in [1.807, 2.05) is 57.2 Å². The van der Waals surface area contributed by atoms with Crippen LogP contribution in [0.25, 0.3) is 5.57 Å². The minimum absolute atomic E-state index is 0.632. The van der Waals surface area contributed by atoms with Crippen molar-refractivity contribution in [2.75, 3.05) is 11.9 Å². The normalized spacial score (nSPS) is 13.0. The summed E-state index contributed by atoms with van der Waals surface area (Å²) in [6, 6.07) is 0. The molecule has 1 aromatic rings. The molecule has 0 saturated heterocycles. The lowest BCUT2D eigenvalue weighted by Crippen LogP contribution is -2.04. The summed E-state index contributed by atoms with van der Waals surface area (Å²) in [6.07, 6.45) is 12.0. The summed E-state index contributed by atoms with van der Waals surface area (Å²) in [6.45, 7) is 16.8. The summed E-state index contributed by atoms with van der Waals surface area (Å²) in [4.78, 5) is 4.48. The van der Waals surface area contributed by atoms with Gasteiger partial charge in [-0.05, 0) is 50.9 Å². The van der Waals surface area contributed by atoms with Crippen molar-refractivity contribution in [2.24, 2.45) is 0 Å². The van der Waals surface area contributed by atoms with E-state index >= 15 is 0 Å². The second kappa shape index (κ2) is 9.74. The summed E-state index contributed by atoms with van der Waals surface area (Å²) >= 11 is 1.35. The number of nitrogens with one attached hydrogen (secondary N) is 1. The lowest BCUT2D eigenvalue weighted by Gasteiger charge is -2.02. The third-order valence-electron chi connectivity index (χ3n) is 2.87. The van der Waals surface area contributed by atoms with E-state index in [0.717, 1.165) is 21.7 Å². The first kappa shape index (κ1) is 18.8. The highest BCUT2D eigenvalue weighted by Crippen LogP contribution is 2.20. The van der Waals surface area contributed by atoms with Crippen molar-refractivity contribution in [1.82, 2.24) is 9.36 Å². The highest BCUT2D eigenvalue weighted by atomic mass is 32.1. The van der Waals surface area contributed by atoms with Gasteiger partial charge in [-0.25, -0.2) is 0 Å². The first-order valence-corrected chi connectivity index (χ1v) is 8.30. The van der Waals surface area contributed by atoms with Gasteiger partial charge in [0.1, 0.15) is 5.01 Å². The van der Waals surface area contributed by atoms with Crippen LogP contribution >= 0.6 is 11.5 Å². The van der Waals surface area contributed by atoms with Gasteiger partial charge in [-0.1, -0.05) is 54.7 Å². The Morgan fingerprint density at radius 3 is 2.48 bits per heavy atom. The number of anilines is 1. The Morgan fingerprint density at radius 1 is 1.13 bits per heavy atom. The third kappa shape index (κ3) is 7.06. The molecule has 1 rings (SSSR count). The van der Waals surface area contributed by atoms with Crippen LogP contribution in [0.4, 0.5) is 5.95 Å². The molecule has 1 heterocycles. The monoisotopic (exact) mass is 327 g/mol. The van der Waals surface area contributed by atoms with Crippen LogP contribution in [-0.4, -0.2) is 15.9 Å². The smallest absolute Gasteiger partial charge is 0.235 e. The summed E-state index contributed by atoms with van der Waals surface area (Å²) < 4.78 is 4.33. The van der Waals surface area contributed by atoms with E-state index in [1.54, 1.807) is 0 Å². The molecule has 0 spiro atoms. The fraction of sp³-hybridized carbons (Fsp3) is 0.263. The Hall–Kier alpha value is -2.20.